The molecule has 2 nitrogen and oxygen atoms in total. The Morgan fingerprint density at radius 1 is 1.11 bits per heavy atom. The lowest BCUT2D eigenvalue weighted by atomic mass is 9.63. The standard InChI is InChI=1S/C9H12F6O2Si/c1-18(2,3)17-6-4-5(16)7(6,8(10,11)12)9(13,14)15/h6H,4H2,1-3H3. The topological polar surface area (TPSA) is 26.3 Å². The van der Waals surface area contributed by atoms with E-state index >= 15 is 0 Å². The van der Waals surface area contributed by atoms with Crippen LogP contribution in [0.4, 0.5) is 26.3 Å². The van der Waals surface area contributed by atoms with Crippen LogP contribution in [0, 0.1) is 5.41 Å². The van der Waals surface area contributed by atoms with Gasteiger partial charge in [-0.15, -0.1) is 0 Å². The van der Waals surface area contributed by atoms with Crippen molar-refractivity contribution in [2.75, 3.05) is 0 Å². The molecule has 0 heterocycles. The summed E-state index contributed by atoms with van der Waals surface area (Å²) >= 11 is 0. The average Bonchev–Trinajstić information content (AvgIpc) is 1.93. The molecule has 18 heavy (non-hydrogen) atoms. The summed E-state index contributed by atoms with van der Waals surface area (Å²) in [5.74, 6) is -1.87. The number of hydrogen-bond donors (Lipinski definition) is 0. The fourth-order valence-electron chi connectivity index (χ4n) is 1.93. The van der Waals surface area contributed by atoms with E-state index in [4.69, 9.17) is 4.43 Å². The Hall–Kier alpha value is -0.573. The SMILES string of the molecule is C[Si](C)(C)OC1CC(=O)C1(C(F)(F)F)C(F)(F)F. The molecule has 0 aromatic rings. The number of carbonyl (C=O) groups excluding carboxylic acids is 1. The third kappa shape index (κ3) is 2.17. The Labute approximate surface area is 100 Å². The number of ketones is 1. The lowest BCUT2D eigenvalue weighted by Crippen LogP contribution is -2.71. The lowest BCUT2D eigenvalue weighted by Gasteiger charge is -2.50. The van der Waals surface area contributed by atoms with Crippen molar-refractivity contribution < 1.29 is 35.6 Å². The molecule has 106 valence electrons. The highest BCUT2D eigenvalue weighted by atomic mass is 28.4. The molecule has 0 aliphatic heterocycles. The summed E-state index contributed by atoms with van der Waals surface area (Å²) in [6.45, 7) is 4.40. The van der Waals surface area contributed by atoms with Crippen LogP contribution in [0.3, 0.4) is 0 Å². The van der Waals surface area contributed by atoms with Crippen LogP contribution in [0.2, 0.25) is 19.6 Å². The van der Waals surface area contributed by atoms with Gasteiger partial charge in [0, 0.05) is 6.42 Å². The van der Waals surface area contributed by atoms with Crippen LogP contribution in [0.25, 0.3) is 0 Å². The minimum atomic E-state index is -5.69. The number of hydrogen-bond acceptors (Lipinski definition) is 2. The molecule has 0 saturated heterocycles. The normalized spacial score (nSPS) is 24.9. The predicted molar refractivity (Wildman–Crippen MR) is 52.4 cm³/mol. The largest absolute Gasteiger partial charge is 0.413 e. The number of alkyl halides is 6. The number of Topliss-reactive ketones (excluding diaryl/α,β-unsaturated/α-hetero) is 1. The van der Waals surface area contributed by atoms with E-state index in [1.807, 2.05) is 0 Å². The highest BCUT2D eigenvalue weighted by Crippen LogP contribution is 2.61. The smallest absolute Gasteiger partial charge is 0.412 e. The third-order valence-corrected chi connectivity index (χ3v) is 3.68. The maximum Gasteiger partial charge on any atom is 0.412 e. The van der Waals surface area contributed by atoms with Gasteiger partial charge in [0.15, 0.2) is 14.1 Å². The second-order valence-corrected chi connectivity index (χ2v) is 9.61. The van der Waals surface area contributed by atoms with Gasteiger partial charge in [-0.3, -0.25) is 4.79 Å². The molecule has 1 atom stereocenters. The zero-order chi connectivity index (χ0) is 14.6. The van der Waals surface area contributed by atoms with Gasteiger partial charge in [0.05, 0.1) is 6.10 Å². The van der Waals surface area contributed by atoms with Crippen molar-refractivity contribution in [3.05, 3.63) is 0 Å². The molecule has 0 N–H and O–H groups in total. The molecule has 1 aliphatic rings. The van der Waals surface area contributed by atoms with Gasteiger partial charge in [-0.1, -0.05) is 0 Å². The maximum atomic E-state index is 12.7. The van der Waals surface area contributed by atoms with Crippen LogP contribution in [0.5, 0.6) is 0 Å². The molecule has 0 spiro atoms. The van der Waals surface area contributed by atoms with Gasteiger partial charge in [0.1, 0.15) is 0 Å². The quantitative estimate of drug-likeness (QED) is 0.577. The molecular weight excluding hydrogens is 282 g/mol. The van der Waals surface area contributed by atoms with Crippen molar-refractivity contribution in [2.45, 2.75) is 44.5 Å². The zero-order valence-electron chi connectivity index (χ0n) is 9.87. The van der Waals surface area contributed by atoms with Crippen molar-refractivity contribution in [3.8, 4) is 0 Å². The summed E-state index contributed by atoms with van der Waals surface area (Å²) in [6, 6.07) is 0. The minimum Gasteiger partial charge on any atom is -0.413 e. The fraction of sp³-hybridized carbons (Fsp3) is 0.889. The number of rotatable bonds is 2. The van der Waals surface area contributed by atoms with Gasteiger partial charge in [-0.05, 0) is 19.6 Å². The molecule has 9 heteroatoms. The van der Waals surface area contributed by atoms with Gasteiger partial charge >= 0.3 is 12.4 Å². The molecule has 0 amide bonds. The van der Waals surface area contributed by atoms with E-state index < -0.39 is 44.4 Å². The van der Waals surface area contributed by atoms with Gasteiger partial charge in [-0.2, -0.15) is 26.3 Å². The first-order valence-corrected chi connectivity index (χ1v) is 8.49. The second-order valence-electron chi connectivity index (χ2n) is 5.15. The minimum absolute atomic E-state index is 0.844. The Balaban J connectivity index is 3.21. The molecule has 1 rings (SSSR count). The summed E-state index contributed by atoms with van der Waals surface area (Å²) in [5.41, 5.74) is -4.35. The van der Waals surface area contributed by atoms with Crippen LogP contribution in [0.15, 0.2) is 0 Å². The van der Waals surface area contributed by atoms with Crippen LogP contribution < -0.4 is 0 Å². The first kappa shape index (κ1) is 15.5. The Morgan fingerprint density at radius 2 is 1.50 bits per heavy atom. The van der Waals surface area contributed by atoms with Crippen LogP contribution >= 0.6 is 0 Å². The van der Waals surface area contributed by atoms with Crippen molar-refractivity contribution in [2.24, 2.45) is 5.41 Å². The lowest BCUT2D eigenvalue weighted by molar-refractivity contribution is -0.360. The number of carbonyl (C=O) groups is 1. The molecule has 1 saturated carbocycles. The Morgan fingerprint density at radius 3 is 1.72 bits per heavy atom. The molecule has 0 radical (unpaired) electrons. The van der Waals surface area contributed by atoms with Crippen LogP contribution in [-0.2, 0) is 9.22 Å². The average molecular weight is 294 g/mol. The van der Waals surface area contributed by atoms with Crippen molar-refractivity contribution in [1.82, 2.24) is 0 Å². The molecule has 1 aliphatic carbocycles. The van der Waals surface area contributed by atoms with Gasteiger partial charge in [0.2, 0.25) is 5.41 Å². The molecule has 1 unspecified atom stereocenters. The first-order valence-electron chi connectivity index (χ1n) is 5.08. The highest BCUT2D eigenvalue weighted by molar-refractivity contribution is 6.69. The Bertz CT molecular complexity index is 340. The molecule has 0 aromatic heterocycles. The van der Waals surface area contributed by atoms with Crippen molar-refractivity contribution in [1.29, 1.82) is 0 Å². The maximum absolute atomic E-state index is 12.7. The summed E-state index contributed by atoms with van der Waals surface area (Å²) in [5, 5.41) is 0. The summed E-state index contributed by atoms with van der Waals surface area (Å²) in [7, 11) is -2.62. The van der Waals surface area contributed by atoms with Crippen LogP contribution in [-0.4, -0.2) is 32.6 Å². The zero-order valence-corrected chi connectivity index (χ0v) is 10.9. The van der Waals surface area contributed by atoms with E-state index in [0.29, 0.717) is 0 Å². The fourth-order valence-corrected chi connectivity index (χ4v) is 3.04. The van der Waals surface area contributed by atoms with E-state index in [-0.39, 0.29) is 0 Å². The van der Waals surface area contributed by atoms with E-state index in [0.717, 1.165) is 0 Å². The van der Waals surface area contributed by atoms with Crippen LogP contribution in [0.1, 0.15) is 6.42 Å². The van der Waals surface area contributed by atoms with E-state index in [9.17, 15) is 31.1 Å². The monoisotopic (exact) mass is 294 g/mol. The highest BCUT2D eigenvalue weighted by Gasteiger charge is 2.83. The molecule has 0 aromatic carbocycles. The molecule has 0 bridgehead atoms. The van der Waals surface area contributed by atoms with E-state index in [2.05, 4.69) is 0 Å². The van der Waals surface area contributed by atoms with Gasteiger partial charge in [-0.25, -0.2) is 0 Å². The van der Waals surface area contributed by atoms with Gasteiger partial charge < -0.3 is 4.43 Å². The number of halogens is 6. The van der Waals surface area contributed by atoms with Crippen molar-refractivity contribution in [3.63, 3.8) is 0 Å². The Kier molecular flexibility index (Phi) is 3.41. The molecular formula is C9H12F6O2Si. The second kappa shape index (κ2) is 3.96. The third-order valence-electron chi connectivity index (χ3n) is 2.68. The van der Waals surface area contributed by atoms with Crippen molar-refractivity contribution >= 4 is 14.1 Å². The predicted octanol–water partition coefficient (Wildman–Crippen LogP) is 3.29. The van der Waals surface area contributed by atoms with E-state index in [1.165, 1.54) is 19.6 Å². The molecule has 1 fully saturated rings. The first-order chi connectivity index (χ1) is 7.73. The van der Waals surface area contributed by atoms with Gasteiger partial charge in [0.25, 0.3) is 0 Å². The summed E-state index contributed by atoms with van der Waals surface area (Å²) in [6.07, 6.45) is -14.4. The summed E-state index contributed by atoms with van der Waals surface area (Å²) in [4.78, 5) is 11.0. The van der Waals surface area contributed by atoms with E-state index in [1.54, 1.807) is 0 Å². The summed E-state index contributed by atoms with van der Waals surface area (Å²) < 4.78 is 81.2.